The fourth-order valence-electron chi connectivity index (χ4n) is 5.41. The number of ether oxygens (including phenoxy) is 4. The summed E-state index contributed by atoms with van der Waals surface area (Å²) in [6, 6.07) is 12.6. The minimum atomic E-state index is -4.93. The van der Waals surface area contributed by atoms with Crippen LogP contribution in [0.2, 0.25) is 0 Å². The highest BCUT2D eigenvalue weighted by Crippen LogP contribution is 2.57. The Balaban J connectivity index is 0. The number of para-hydroxylation sites is 2. The van der Waals surface area contributed by atoms with Crippen molar-refractivity contribution < 1.29 is 97.8 Å². The van der Waals surface area contributed by atoms with Gasteiger partial charge < -0.3 is 53.4 Å². The van der Waals surface area contributed by atoms with E-state index < -0.39 is 114 Å². The van der Waals surface area contributed by atoms with Crippen molar-refractivity contribution in [2.75, 3.05) is 0 Å². The van der Waals surface area contributed by atoms with Crippen LogP contribution >= 0.6 is 36.3 Å². The molecule has 7 atom stereocenters. The predicted octanol–water partition coefficient (Wildman–Crippen LogP) is 14.1. The van der Waals surface area contributed by atoms with Crippen LogP contribution in [-0.4, -0.2) is 87.9 Å². The molecule has 456 valence electrons. The molecule has 2 amide bonds. The summed E-state index contributed by atoms with van der Waals surface area (Å²) in [6.07, 6.45) is -0.473. The van der Waals surface area contributed by atoms with E-state index in [-0.39, 0.29) is 18.0 Å². The standard InChI is InChI=1S/C20H21F5NO5P.C13H25NO4.C8H15NO4.C6H5Cl2O2P.C5H12O/c1-4-8-11(2)29-20(27)12(3)26-32(28,30-13-9-6-5-7-10-13)31-19-17(24)15(22)14(21)16(23)18(19)25;1-7-8-9(2)17-11(15)10(3)14-12(16)18-13(4,5)6;1-5(6(10)11)9-7(12)13-8(2,3)4;7-11(8,9)10-6-4-2-1-3-5-6;1-3-4-5(2)6/h5-7,9-12H,4,8H2,1-3H3,(H,26,28);9-10H,7-8H2,1-6H3,(H,14,16);5H,1-4H3,(H,9,12)(H,10,11);1-5H;5-6H,3-4H2,1-2H3/t11-,12-,32-;9-,10-;5-;;5-/m000.0/s1. The predicted molar refractivity (Wildman–Crippen MR) is 293 cm³/mol. The third-order valence-electron chi connectivity index (χ3n) is 8.93. The van der Waals surface area contributed by atoms with Gasteiger partial charge in [0.05, 0.1) is 18.3 Å². The number of rotatable bonds is 21. The lowest BCUT2D eigenvalue weighted by Gasteiger charge is -2.24. The first-order chi connectivity index (χ1) is 36.7. The van der Waals surface area contributed by atoms with Gasteiger partial charge in [0.15, 0.2) is 0 Å². The topological polar surface area (TPSA) is 261 Å². The van der Waals surface area contributed by atoms with Crippen LogP contribution in [0.4, 0.5) is 31.5 Å². The number of hydrogen-bond donors (Lipinski definition) is 5. The van der Waals surface area contributed by atoms with E-state index in [2.05, 4.69) is 31.7 Å². The van der Waals surface area contributed by atoms with Gasteiger partial charge in [-0.3, -0.25) is 9.59 Å². The number of amides is 2. The number of benzene rings is 3. The second kappa shape index (κ2) is 37.6. The molecule has 0 aromatic heterocycles. The SMILES string of the molecule is CCC[C@H](C)O.CCC[C@H](C)OC(=O)[C@H](C)NC(=O)OC(C)(C)C.CCC[C@H](C)OC(=O)[C@H](C)N[P@](=O)(Oc1ccccc1)Oc1c(F)c(F)c(F)c(F)c1F.C[C@H](NC(=O)OC(C)(C)C)C(=O)O.O=P(Cl)(Cl)Oc1ccccc1. The van der Waals surface area contributed by atoms with Crippen LogP contribution in [0, 0.1) is 29.1 Å². The molecule has 0 aliphatic rings. The smallest absolute Gasteiger partial charge is 0.480 e. The first kappa shape index (κ1) is 76.7. The molecule has 0 spiro atoms. The Labute approximate surface area is 475 Å². The van der Waals surface area contributed by atoms with Crippen LogP contribution < -0.4 is 29.3 Å². The maximum Gasteiger partial charge on any atom is 0.513 e. The van der Waals surface area contributed by atoms with E-state index in [4.69, 9.17) is 56.2 Å². The molecule has 0 aliphatic carbocycles. The van der Waals surface area contributed by atoms with E-state index in [0.29, 0.717) is 12.2 Å². The molecular weight excluding hydrogens is 1150 g/mol. The zero-order chi connectivity index (χ0) is 62.4. The van der Waals surface area contributed by atoms with Crippen molar-refractivity contribution in [2.45, 2.75) is 190 Å². The van der Waals surface area contributed by atoms with Gasteiger partial charge >= 0.3 is 43.9 Å². The summed E-state index contributed by atoms with van der Waals surface area (Å²) >= 11 is 10.3. The van der Waals surface area contributed by atoms with E-state index in [1.54, 1.807) is 91.8 Å². The van der Waals surface area contributed by atoms with Crippen molar-refractivity contribution in [3.8, 4) is 17.2 Å². The van der Waals surface area contributed by atoms with Crippen molar-refractivity contribution >= 4 is 66.4 Å². The van der Waals surface area contributed by atoms with Crippen LogP contribution in [0.15, 0.2) is 60.7 Å². The normalized spacial score (nSPS) is 14.0. The average Bonchev–Trinajstić information content (AvgIpc) is 3.31. The number of carboxylic acids is 1. The van der Waals surface area contributed by atoms with Gasteiger partial charge in [-0.15, -0.1) is 0 Å². The highest BCUT2D eigenvalue weighted by molar-refractivity contribution is 8.05. The number of aliphatic carboxylic acids is 1. The summed E-state index contributed by atoms with van der Waals surface area (Å²) in [5.41, 5.74) is -1.19. The number of halogens is 7. The molecule has 5 N–H and O–H groups in total. The molecule has 0 saturated heterocycles. The van der Waals surface area contributed by atoms with Crippen LogP contribution in [-0.2, 0) is 42.5 Å². The summed E-state index contributed by atoms with van der Waals surface area (Å²) in [7, 11) is -4.93. The summed E-state index contributed by atoms with van der Waals surface area (Å²) < 4.78 is 127. The van der Waals surface area contributed by atoms with Crippen molar-refractivity contribution in [3.63, 3.8) is 0 Å². The monoisotopic (exact) mass is 1230 g/mol. The van der Waals surface area contributed by atoms with Gasteiger partial charge in [0.1, 0.15) is 40.8 Å². The van der Waals surface area contributed by atoms with Crippen LogP contribution in [0.3, 0.4) is 0 Å². The maximum absolute atomic E-state index is 14.1. The van der Waals surface area contributed by atoms with Crippen LogP contribution in [0.1, 0.15) is 142 Å². The van der Waals surface area contributed by atoms with E-state index in [1.165, 1.54) is 38.1 Å². The molecule has 0 unspecified atom stereocenters. The number of aliphatic hydroxyl groups excluding tert-OH is 1. The van der Waals surface area contributed by atoms with E-state index >= 15 is 0 Å². The number of nitrogens with one attached hydrogen (secondary N) is 3. The minimum Gasteiger partial charge on any atom is -0.480 e. The first-order valence-corrected chi connectivity index (χ1v) is 30.1. The van der Waals surface area contributed by atoms with Gasteiger partial charge in [-0.25, -0.2) is 36.7 Å². The third kappa shape index (κ3) is 36.1. The van der Waals surface area contributed by atoms with Gasteiger partial charge in [0, 0.05) is 22.5 Å². The molecule has 0 bridgehead atoms. The number of carbonyl (C=O) groups excluding carboxylic acids is 4. The first-order valence-electron chi connectivity index (χ1n) is 25.1. The van der Waals surface area contributed by atoms with Crippen molar-refractivity contribution in [3.05, 3.63) is 89.7 Å². The fraction of sp³-hybridized carbons (Fsp3) is 0.558. The molecule has 0 heterocycles. The summed E-state index contributed by atoms with van der Waals surface area (Å²) in [5.74, 6) is -15.7. The lowest BCUT2D eigenvalue weighted by molar-refractivity contribution is -0.151. The van der Waals surface area contributed by atoms with E-state index in [9.17, 15) is 55.1 Å². The quantitative estimate of drug-likeness (QED) is 0.0166. The molecule has 0 fully saturated rings. The summed E-state index contributed by atoms with van der Waals surface area (Å²) in [6.45, 7) is 25.8. The average molecular weight is 1230 g/mol. The van der Waals surface area contributed by atoms with Crippen molar-refractivity contribution in [2.24, 2.45) is 0 Å². The largest absolute Gasteiger partial charge is 0.513 e. The molecule has 0 saturated carbocycles. The van der Waals surface area contributed by atoms with Gasteiger partial charge in [0.2, 0.25) is 34.8 Å². The molecule has 28 heteroatoms. The molecule has 3 aromatic rings. The second-order valence-electron chi connectivity index (χ2n) is 19.3. The van der Waals surface area contributed by atoms with Gasteiger partial charge in [-0.1, -0.05) is 76.4 Å². The molecule has 80 heavy (non-hydrogen) atoms. The zero-order valence-electron chi connectivity index (χ0n) is 47.6. The summed E-state index contributed by atoms with van der Waals surface area (Å²) in [4.78, 5) is 56.7. The Kier molecular flexibility index (Phi) is 36.0. The number of hydrogen-bond acceptors (Lipinski definition) is 15. The third-order valence-corrected chi connectivity index (χ3v) is 11.3. The summed E-state index contributed by atoms with van der Waals surface area (Å²) in [5, 5.41) is 23.7. The van der Waals surface area contributed by atoms with E-state index in [0.717, 1.165) is 32.1 Å². The maximum atomic E-state index is 14.1. The Morgan fingerprint density at radius 3 is 1.23 bits per heavy atom. The lowest BCUT2D eigenvalue weighted by atomic mass is 10.2. The second-order valence-corrected chi connectivity index (χ2v) is 25.2. The number of esters is 2. The molecule has 19 nitrogen and oxygen atoms in total. The van der Waals surface area contributed by atoms with Crippen molar-refractivity contribution in [1.82, 2.24) is 15.7 Å². The molecule has 3 rings (SSSR count). The lowest BCUT2D eigenvalue weighted by Crippen LogP contribution is -2.43. The highest BCUT2D eigenvalue weighted by atomic mass is 35.9. The van der Waals surface area contributed by atoms with Crippen LogP contribution in [0.5, 0.6) is 17.2 Å². The van der Waals surface area contributed by atoms with Crippen LogP contribution in [0.25, 0.3) is 0 Å². The van der Waals surface area contributed by atoms with Gasteiger partial charge in [0.25, 0.3) is 0 Å². The number of aliphatic hydroxyl groups is 1. The Bertz CT molecular complexity index is 2430. The number of carbonyl (C=O) groups is 5. The van der Waals surface area contributed by atoms with Gasteiger partial charge in [-0.2, -0.15) is 13.9 Å². The number of carboxylic acid groups (broad SMARTS) is 1. The number of alkyl carbamates (subject to hydrolysis) is 2. The van der Waals surface area contributed by atoms with Gasteiger partial charge in [-0.05, 0) is 127 Å². The minimum absolute atomic E-state index is 0.102. The Hall–Kier alpha value is -5.38. The molecule has 3 aromatic carbocycles. The molecular formula is C52H78Cl2F5N3O16P2. The molecule has 0 aliphatic heterocycles. The highest BCUT2D eigenvalue weighted by Gasteiger charge is 2.39. The fourth-order valence-corrected chi connectivity index (χ4v) is 7.78. The Morgan fingerprint density at radius 1 is 0.550 bits per heavy atom. The van der Waals surface area contributed by atoms with E-state index in [1.807, 2.05) is 27.7 Å². The van der Waals surface area contributed by atoms with Crippen molar-refractivity contribution in [1.29, 1.82) is 0 Å². The zero-order valence-corrected chi connectivity index (χ0v) is 50.9. The Morgan fingerprint density at radius 2 is 0.900 bits per heavy atom. The molecule has 0 radical (unpaired) electrons.